The molecular formula is C24H25ClN6O3. The van der Waals surface area contributed by atoms with Crippen molar-refractivity contribution in [3.05, 3.63) is 64.3 Å². The van der Waals surface area contributed by atoms with Crippen LogP contribution in [0, 0.1) is 16.7 Å². The van der Waals surface area contributed by atoms with Gasteiger partial charge >= 0.3 is 0 Å². The van der Waals surface area contributed by atoms with Gasteiger partial charge in [0.05, 0.1) is 35.3 Å². The quantitative estimate of drug-likeness (QED) is 0.475. The number of hydrogen-bond donors (Lipinski definition) is 3. The van der Waals surface area contributed by atoms with E-state index in [1.54, 1.807) is 67.9 Å². The molecule has 0 radical (unpaired) electrons. The third kappa shape index (κ3) is 5.53. The molecule has 3 rings (SSSR count). The molecule has 0 saturated heterocycles. The van der Waals surface area contributed by atoms with Crippen LogP contribution in [0.25, 0.3) is 10.9 Å². The molecule has 0 aliphatic rings. The summed E-state index contributed by atoms with van der Waals surface area (Å²) in [5, 5.41) is 19.7. The molecule has 0 spiro atoms. The second-order valence-electron chi connectivity index (χ2n) is 8.91. The number of para-hydroxylation sites is 1. The zero-order valence-electron chi connectivity index (χ0n) is 19.1. The first-order chi connectivity index (χ1) is 16.0. The topological polar surface area (TPSA) is 143 Å². The number of fused-ring (bicyclic) bond motifs is 1. The summed E-state index contributed by atoms with van der Waals surface area (Å²) in [5.74, 6) is -1.77. The van der Waals surface area contributed by atoms with Crippen LogP contribution in [0.5, 0.6) is 0 Å². The Morgan fingerprint density at radius 1 is 1.18 bits per heavy atom. The van der Waals surface area contributed by atoms with Gasteiger partial charge in [0.25, 0.3) is 5.91 Å². The van der Waals surface area contributed by atoms with Crippen LogP contribution in [0.3, 0.4) is 0 Å². The number of benzene rings is 2. The van der Waals surface area contributed by atoms with Crippen molar-refractivity contribution in [2.45, 2.75) is 33.4 Å². The monoisotopic (exact) mass is 480 g/mol. The first-order valence-electron chi connectivity index (χ1n) is 10.5. The second-order valence-corrected chi connectivity index (χ2v) is 9.31. The Morgan fingerprint density at radius 2 is 1.85 bits per heavy atom. The minimum Gasteiger partial charge on any atom is -0.368 e. The molecule has 0 saturated carbocycles. The fraction of sp³-hybridized carbons (Fsp3) is 0.292. The van der Waals surface area contributed by atoms with Gasteiger partial charge in [-0.15, -0.1) is 0 Å². The highest BCUT2D eigenvalue weighted by Crippen LogP contribution is 2.28. The van der Waals surface area contributed by atoms with Crippen molar-refractivity contribution in [3.8, 4) is 6.07 Å². The van der Waals surface area contributed by atoms with E-state index in [0.29, 0.717) is 28.0 Å². The number of aromatic nitrogens is 2. The predicted molar refractivity (Wildman–Crippen MR) is 128 cm³/mol. The molecule has 0 aliphatic heterocycles. The summed E-state index contributed by atoms with van der Waals surface area (Å²) in [6.07, 6.45) is 0. The summed E-state index contributed by atoms with van der Waals surface area (Å²) < 4.78 is 1.62. The predicted octanol–water partition coefficient (Wildman–Crippen LogP) is 2.36. The molecule has 2 aromatic carbocycles. The number of nitrogens with zero attached hydrogens (tertiary/aromatic N) is 3. The van der Waals surface area contributed by atoms with Crippen LogP contribution >= 0.6 is 11.6 Å². The summed E-state index contributed by atoms with van der Waals surface area (Å²) in [6, 6.07) is 13.3. The number of nitrogens with two attached hydrogens (primary N) is 1. The average molecular weight is 481 g/mol. The third-order valence-corrected chi connectivity index (χ3v) is 5.50. The van der Waals surface area contributed by atoms with Crippen molar-refractivity contribution in [2.24, 2.45) is 11.1 Å². The van der Waals surface area contributed by atoms with E-state index >= 15 is 0 Å². The highest BCUT2D eigenvalue weighted by molar-refractivity contribution is 6.35. The van der Waals surface area contributed by atoms with E-state index in [1.807, 2.05) is 0 Å². The molecular weight excluding hydrogens is 456 g/mol. The molecule has 10 heteroatoms. The number of rotatable bonds is 7. The highest BCUT2D eigenvalue weighted by Gasteiger charge is 2.34. The molecule has 34 heavy (non-hydrogen) atoms. The number of carbonyl (C=O) groups is 3. The molecule has 4 N–H and O–H groups in total. The van der Waals surface area contributed by atoms with Crippen LogP contribution in [-0.4, -0.2) is 40.1 Å². The van der Waals surface area contributed by atoms with Crippen molar-refractivity contribution in [1.29, 1.82) is 5.26 Å². The Hall–Kier alpha value is -3.90. The number of amides is 3. The van der Waals surface area contributed by atoms with E-state index in [0.717, 1.165) is 5.56 Å². The molecule has 9 nitrogen and oxygen atoms in total. The molecule has 1 atom stereocenters. The van der Waals surface area contributed by atoms with Gasteiger partial charge in [-0.3, -0.25) is 19.1 Å². The maximum atomic E-state index is 13.3. The summed E-state index contributed by atoms with van der Waals surface area (Å²) in [4.78, 5) is 37.0. The Balaban J connectivity index is 1.95. The van der Waals surface area contributed by atoms with Gasteiger partial charge in [-0.2, -0.15) is 10.4 Å². The second kappa shape index (κ2) is 9.93. The Bertz CT molecular complexity index is 1290. The summed E-state index contributed by atoms with van der Waals surface area (Å²) >= 11 is 6.45. The van der Waals surface area contributed by atoms with Crippen LogP contribution in [0.1, 0.15) is 42.4 Å². The van der Waals surface area contributed by atoms with Crippen molar-refractivity contribution >= 4 is 40.2 Å². The van der Waals surface area contributed by atoms with E-state index in [-0.39, 0.29) is 12.2 Å². The Kier molecular flexibility index (Phi) is 7.23. The largest absolute Gasteiger partial charge is 0.368 e. The highest BCUT2D eigenvalue weighted by atomic mass is 35.5. The maximum absolute atomic E-state index is 13.3. The van der Waals surface area contributed by atoms with Crippen molar-refractivity contribution < 1.29 is 14.4 Å². The first kappa shape index (κ1) is 24.7. The van der Waals surface area contributed by atoms with Crippen LogP contribution in [-0.2, 0) is 16.1 Å². The van der Waals surface area contributed by atoms with Gasteiger partial charge in [0.15, 0.2) is 5.69 Å². The molecule has 1 aromatic heterocycles. The van der Waals surface area contributed by atoms with Crippen LogP contribution < -0.4 is 16.4 Å². The van der Waals surface area contributed by atoms with Gasteiger partial charge in [-0.05, 0) is 29.2 Å². The Morgan fingerprint density at radius 3 is 2.44 bits per heavy atom. The molecule has 3 amide bonds. The van der Waals surface area contributed by atoms with Crippen molar-refractivity contribution in [2.75, 3.05) is 6.54 Å². The summed E-state index contributed by atoms with van der Waals surface area (Å²) in [6.45, 7) is 5.36. The average Bonchev–Trinajstić information content (AvgIpc) is 3.15. The van der Waals surface area contributed by atoms with Gasteiger partial charge in [0.2, 0.25) is 11.8 Å². The first-order valence-corrected chi connectivity index (χ1v) is 10.9. The van der Waals surface area contributed by atoms with E-state index < -0.39 is 29.2 Å². The standard InChI is InChI=1S/C24H25ClN6O3/c1-24(2,3)21(23(34)28-12-18(27)32)29-22(33)19-16-5-4-6-17(25)20(16)31(30-19)13-15-9-7-14(11-26)8-10-15/h4-10,21H,12-13H2,1-3H3,(H2,27,32)(H,28,34)(H,29,33)/t21-/m1/s1. The number of nitrogens with one attached hydrogen (secondary N) is 2. The molecule has 0 bridgehead atoms. The fourth-order valence-electron chi connectivity index (χ4n) is 3.48. The van der Waals surface area contributed by atoms with Gasteiger partial charge in [0.1, 0.15) is 6.04 Å². The van der Waals surface area contributed by atoms with E-state index in [4.69, 9.17) is 22.6 Å². The van der Waals surface area contributed by atoms with Crippen LogP contribution in [0.2, 0.25) is 5.02 Å². The lowest BCUT2D eigenvalue weighted by molar-refractivity contribution is -0.128. The van der Waals surface area contributed by atoms with Gasteiger partial charge in [0, 0.05) is 5.39 Å². The summed E-state index contributed by atoms with van der Waals surface area (Å²) in [7, 11) is 0. The molecule has 0 unspecified atom stereocenters. The Labute approximate surface area is 201 Å². The van der Waals surface area contributed by atoms with E-state index in [9.17, 15) is 14.4 Å². The van der Waals surface area contributed by atoms with E-state index in [2.05, 4.69) is 21.8 Å². The number of primary amides is 1. The number of hydrogen-bond acceptors (Lipinski definition) is 5. The minimum atomic E-state index is -0.947. The number of nitriles is 1. The van der Waals surface area contributed by atoms with Crippen LogP contribution in [0.4, 0.5) is 0 Å². The van der Waals surface area contributed by atoms with Crippen LogP contribution in [0.15, 0.2) is 42.5 Å². The molecule has 0 fully saturated rings. The van der Waals surface area contributed by atoms with Gasteiger partial charge in [-0.1, -0.05) is 56.6 Å². The lowest BCUT2D eigenvalue weighted by Gasteiger charge is -2.30. The molecule has 3 aromatic rings. The fourth-order valence-corrected chi connectivity index (χ4v) is 3.76. The smallest absolute Gasteiger partial charge is 0.273 e. The van der Waals surface area contributed by atoms with Gasteiger partial charge in [-0.25, -0.2) is 0 Å². The number of carbonyl (C=O) groups excluding carboxylic acids is 3. The van der Waals surface area contributed by atoms with Crippen molar-refractivity contribution in [1.82, 2.24) is 20.4 Å². The third-order valence-electron chi connectivity index (χ3n) is 5.19. The molecule has 1 heterocycles. The lowest BCUT2D eigenvalue weighted by Crippen LogP contribution is -2.54. The summed E-state index contributed by atoms with van der Waals surface area (Å²) in [5.41, 5.74) is 6.56. The molecule has 0 aliphatic carbocycles. The maximum Gasteiger partial charge on any atom is 0.273 e. The normalized spacial score (nSPS) is 12.1. The number of halogens is 1. The minimum absolute atomic E-state index is 0.114. The zero-order valence-corrected chi connectivity index (χ0v) is 19.8. The zero-order chi connectivity index (χ0) is 25.0. The van der Waals surface area contributed by atoms with Crippen molar-refractivity contribution in [3.63, 3.8) is 0 Å². The lowest BCUT2D eigenvalue weighted by atomic mass is 9.86. The van der Waals surface area contributed by atoms with E-state index in [1.165, 1.54) is 0 Å². The van der Waals surface area contributed by atoms with Gasteiger partial charge < -0.3 is 16.4 Å². The SMILES string of the molecule is CC(C)(C)[C@H](NC(=O)c1nn(Cc2ccc(C#N)cc2)c2c(Cl)cccc12)C(=O)NCC(N)=O. The molecule has 176 valence electrons.